The van der Waals surface area contributed by atoms with Gasteiger partial charge in [0.15, 0.2) is 0 Å². The fraction of sp³-hybridized carbons (Fsp3) is 0.522. The highest BCUT2D eigenvalue weighted by Crippen LogP contribution is 2.29. The van der Waals surface area contributed by atoms with Gasteiger partial charge in [-0.15, -0.1) is 0 Å². The van der Waals surface area contributed by atoms with Gasteiger partial charge in [0.25, 0.3) is 0 Å². The zero-order valence-electron chi connectivity index (χ0n) is 18.8. The van der Waals surface area contributed by atoms with Crippen molar-refractivity contribution < 1.29 is 18.0 Å². The van der Waals surface area contributed by atoms with Crippen LogP contribution in [0.25, 0.3) is 0 Å². The number of nitrogens with zero attached hydrogens (tertiary/aromatic N) is 5. The number of pyridine rings is 1. The van der Waals surface area contributed by atoms with E-state index >= 15 is 0 Å². The Labute approximate surface area is 195 Å². The van der Waals surface area contributed by atoms with E-state index in [2.05, 4.69) is 19.9 Å². The average molecular weight is 476 g/mol. The van der Waals surface area contributed by atoms with Crippen LogP contribution >= 0.6 is 0 Å². The Balaban J connectivity index is 1.23. The van der Waals surface area contributed by atoms with E-state index in [0.717, 1.165) is 50.3 Å². The van der Waals surface area contributed by atoms with Crippen LogP contribution in [-0.4, -0.2) is 62.5 Å². The second-order valence-electron chi connectivity index (χ2n) is 8.94. The van der Waals surface area contributed by atoms with E-state index in [-0.39, 0.29) is 29.4 Å². The molecule has 2 saturated heterocycles. The molecule has 0 saturated carbocycles. The molecule has 0 aromatic carbocycles. The minimum atomic E-state index is -4.49. The first kappa shape index (κ1) is 24.1. The van der Waals surface area contributed by atoms with Crippen LogP contribution in [0.2, 0.25) is 0 Å². The Kier molecular flexibility index (Phi) is 7.11. The highest BCUT2D eigenvalue weighted by molar-refractivity contribution is 5.99. The van der Waals surface area contributed by atoms with Crippen molar-refractivity contribution in [2.24, 2.45) is 11.8 Å². The summed E-state index contributed by atoms with van der Waals surface area (Å²) in [6.45, 7) is 3.49. The minimum Gasteiger partial charge on any atom is -0.368 e. The number of carbonyl (C=O) groups is 1. The molecule has 0 spiro atoms. The Hall–Kier alpha value is -3.08. The maximum atomic E-state index is 13.0. The van der Waals surface area contributed by atoms with Crippen molar-refractivity contribution in [1.82, 2.24) is 24.8 Å². The zero-order valence-corrected chi connectivity index (χ0v) is 18.8. The van der Waals surface area contributed by atoms with Gasteiger partial charge >= 0.3 is 6.18 Å². The largest absolute Gasteiger partial charge is 0.433 e. The van der Waals surface area contributed by atoms with E-state index < -0.39 is 11.9 Å². The Morgan fingerprint density at radius 1 is 0.971 bits per heavy atom. The van der Waals surface area contributed by atoms with Gasteiger partial charge in [0.2, 0.25) is 11.9 Å². The number of likely N-dealkylation sites (tertiary alicyclic amines) is 2. The van der Waals surface area contributed by atoms with Gasteiger partial charge in [-0.05, 0) is 50.9 Å². The molecule has 34 heavy (non-hydrogen) atoms. The molecule has 2 aromatic heterocycles. The van der Waals surface area contributed by atoms with Crippen molar-refractivity contribution >= 4 is 17.6 Å². The molecule has 0 bridgehead atoms. The molecule has 4 heterocycles. The molecule has 1 amide bonds. The number of aromatic nitrogens is 3. The van der Waals surface area contributed by atoms with E-state index in [1.165, 1.54) is 6.07 Å². The maximum absolute atomic E-state index is 13.0. The molecule has 2 aliphatic heterocycles. The number of nitrogens with one attached hydrogen (secondary N) is 1. The van der Waals surface area contributed by atoms with Gasteiger partial charge in [0.1, 0.15) is 5.69 Å². The van der Waals surface area contributed by atoms with Gasteiger partial charge in [0.05, 0.1) is 0 Å². The predicted molar refractivity (Wildman–Crippen MR) is 120 cm³/mol. The van der Waals surface area contributed by atoms with Crippen molar-refractivity contribution in [3.05, 3.63) is 47.5 Å². The third kappa shape index (κ3) is 5.69. The second kappa shape index (κ2) is 10.0. The highest BCUT2D eigenvalue weighted by Gasteiger charge is 2.34. The van der Waals surface area contributed by atoms with Gasteiger partial charge in [0, 0.05) is 66.9 Å². The molecule has 0 aliphatic carbocycles. The summed E-state index contributed by atoms with van der Waals surface area (Å²) in [4.78, 5) is 28.7. The lowest BCUT2D eigenvalue weighted by Crippen LogP contribution is -2.46. The van der Waals surface area contributed by atoms with Crippen LogP contribution in [0.15, 0.2) is 30.7 Å². The molecule has 182 valence electrons. The lowest BCUT2D eigenvalue weighted by Gasteiger charge is -2.37. The molecular weight excluding hydrogens is 447 g/mol. The summed E-state index contributed by atoms with van der Waals surface area (Å²) in [5.74, 6) is 0.320. The molecular formula is C23H28F3N7O. The summed E-state index contributed by atoms with van der Waals surface area (Å²) < 4.78 is 38.1. The van der Waals surface area contributed by atoms with Crippen LogP contribution in [0, 0.1) is 17.2 Å². The van der Waals surface area contributed by atoms with Crippen LogP contribution in [0.3, 0.4) is 0 Å². The third-order valence-corrected chi connectivity index (χ3v) is 6.65. The summed E-state index contributed by atoms with van der Waals surface area (Å²) >= 11 is 0. The quantitative estimate of drug-likeness (QED) is 0.643. The van der Waals surface area contributed by atoms with Crippen LogP contribution in [0.1, 0.15) is 42.5 Å². The second-order valence-corrected chi connectivity index (χ2v) is 8.94. The molecule has 2 aliphatic rings. The first-order valence-electron chi connectivity index (χ1n) is 11.4. The number of nitrogens with two attached hydrogens (primary N) is 1. The molecule has 0 radical (unpaired) electrons. The van der Waals surface area contributed by atoms with Crippen LogP contribution in [-0.2, 0) is 17.5 Å². The summed E-state index contributed by atoms with van der Waals surface area (Å²) in [5, 5.41) is 8.40. The summed E-state index contributed by atoms with van der Waals surface area (Å²) in [5.41, 5.74) is 6.24. The van der Waals surface area contributed by atoms with E-state index in [1.807, 2.05) is 4.90 Å². The Morgan fingerprint density at radius 3 is 2.15 bits per heavy atom. The number of anilines is 1. The molecule has 2 aromatic rings. The minimum absolute atomic E-state index is 0.00553. The Bertz CT molecular complexity index is 995. The number of carbonyl (C=O) groups excluding carboxylic acids is 1. The molecule has 8 nitrogen and oxygen atoms in total. The lowest BCUT2D eigenvalue weighted by molar-refractivity contribution is -0.141. The topological polar surface area (TPSA) is 112 Å². The van der Waals surface area contributed by atoms with Gasteiger partial charge < -0.3 is 16.0 Å². The van der Waals surface area contributed by atoms with Gasteiger partial charge in [-0.2, -0.15) is 13.2 Å². The van der Waals surface area contributed by atoms with E-state index in [4.69, 9.17) is 11.1 Å². The molecule has 0 unspecified atom stereocenters. The molecule has 2 fully saturated rings. The molecule has 4 rings (SSSR count). The molecule has 0 atom stereocenters. The van der Waals surface area contributed by atoms with Crippen LogP contribution in [0.5, 0.6) is 0 Å². The third-order valence-electron chi connectivity index (χ3n) is 6.65. The lowest BCUT2D eigenvalue weighted by atomic mass is 9.87. The van der Waals surface area contributed by atoms with Crippen molar-refractivity contribution in [1.29, 1.82) is 5.41 Å². The van der Waals surface area contributed by atoms with Gasteiger partial charge in [-0.1, -0.05) is 0 Å². The number of rotatable bonds is 5. The number of halogens is 3. The smallest absolute Gasteiger partial charge is 0.368 e. The number of alkyl halides is 3. The van der Waals surface area contributed by atoms with Crippen molar-refractivity contribution in [2.75, 3.05) is 31.9 Å². The van der Waals surface area contributed by atoms with E-state index in [9.17, 15) is 18.0 Å². The summed E-state index contributed by atoms with van der Waals surface area (Å²) in [7, 11) is 0. The average Bonchev–Trinajstić information content (AvgIpc) is 2.85. The van der Waals surface area contributed by atoms with E-state index in [0.29, 0.717) is 31.5 Å². The van der Waals surface area contributed by atoms with Crippen molar-refractivity contribution in [2.45, 2.75) is 38.4 Å². The first-order chi connectivity index (χ1) is 16.2. The number of hydrogen-bond acceptors (Lipinski definition) is 7. The maximum Gasteiger partial charge on any atom is 0.433 e. The molecule has 3 N–H and O–H groups in total. The number of amides is 1. The summed E-state index contributed by atoms with van der Waals surface area (Å²) in [6, 6.07) is 2.22. The van der Waals surface area contributed by atoms with Crippen LogP contribution in [0.4, 0.5) is 19.1 Å². The predicted octanol–water partition coefficient (Wildman–Crippen LogP) is 2.99. The SMILES string of the molecule is N=C(c1ccc(C(F)(F)F)nc1)C1CCN(C(=O)C2CCN(Cc3cnc(N)nc3)CC2)CC1. The number of nitrogen functional groups attached to an aromatic ring is 1. The Morgan fingerprint density at radius 2 is 1.59 bits per heavy atom. The normalized spacial score (nSPS) is 18.7. The van der Waals surface area contributed by atoms with Crippen LogP contribution < -0.4 is 5.73 Å². The zero-order chi connectivity index (χ0) is 24.3. The van der Waals surface area contributed by atoms with E-state index in [1.54, 1.807) is 12.4 Å². The molecule has 11 heteroatoms. The van der Waals surface area contributed by atoms with Gasteiger partial charge in [-0.25, -0.2) is 9.97 Å². The van der Waals surface area contributed by atoms with Crippen molar-refractivity contribution in [3.8, 4) is 0 Å². The number of hydrogen-bond donors (Lipinski definition) is 2. The van der Waals surface area contributed by atoms with Gasteiger partial charge in [-0.3, -0.25) is 14.7 Å². The fourth-order valence-corrected chi connectivity index (χ4v) is 4.65. The monoisotopic (exact) mass is 475 g/mol. The highest BCUT2D eigenvalue weighted by atomic mass is 19.4. The fourth-order valence-electron chi connectivity index (χ4n) is 4.65. The standard InChI is InChI=1S/C23H28F3N7O/c24-23(25,26)19-2-1-18(13-29-19)20(27)16-5-9-33(10-6-16)21(34)17-3-7-32(8-4-17)14-15-11-30-22(28)31-12-15/h1-2,11-13,16-17,27H,3-10,14H2,(H2,28,30,31). The number of piperidine rings is 2. The summed E-state index contributed by atoms with van der Waals surface area (Å²) in [6.07, 6.45) is 2.91. The van der Waals surface area contributed by atoms with Crippen molar-refractivity contribution in [3.63, 3.8) is 0 Å². The first-order valence-corrected chi connectivity index (χ1v) is 11.4.